The van der Waals surface area contributed by atoms with Crippen molar-refractivity contribution in [2.45, 2.75) is 53.0 Å². The highest BCUT2D eigenvalue weighted by Gasteiger charge is 2.17. The number of hydrogen-bond donors (Lipinski definition) is 1. The third kappa shape index (κ3) is 4.31. The van der Waals surface area contributed by atoms with Crippen molar-refractivity contribution in [3.63, 3.8) is 0 Å². The number of rotatable bonds is 8. The minimum Gasteiger partial charge on any atom is -0.330 e. The van der Waals surface area contributed by atoms with E-state index in [0.717, 1.165) is 24.4 Å². The first-order valence-corrected chi connectivity index (χ1v) is 8.14. The number of aryl methyl sites for hydroxylation is 1. The van der Waals surface area contributed by atoms with Crippen LogP contribution in [0.4, 0.5) is 0 Å². The lowest BCUT2D eigenvalue weighted by molar-refractivity contribution is 0.300. The molecular formula is C18H29N3. The fraction of sp³-hybridized carbons (Fsp3) is 0.611. The third-order valence-electron chi connectivity index (χ3n) is 4.22. The van der Waals surface area contributed by atoms with Crippen molar-refractivity contribution >= 4 is 11.0 Å². The number of unbranched alkanes of at least 4 members (excludes halogenated alkanes) is 2. The van der Waals surface area contributed by atoms with Crippen LogP contribution in [-0.2, 0) is 13.6 Å². The maximum Gasteiger partial charge on any atom is 0.123 e. The zero-order valence-corrected chi connectivity index (χ0v) is 13.9. The Bertz CT molecular complexity index is 569. The molecular weight excluding hydrogens is 258 g/mol. The van der Waals surface area contributed by atoms with E-state index in [0.29, 0.717) is 5.41 Å². The maximum absolute atomic E-state index is 4.71. The SMILES string of the molecule is CCCCCC(C)(C)CNCc1nc2ccccc2n1C. The van der Waals surface area contributed by atoms with E-state index in [1.807, 2.05) is 6.07 Å². The zero-order chi connectivity index (χ0) is 15.3. The van der Waals surface area contributed by atoms with Gasteiger partial charge in [-0.15, -0.1) is 0 Å². The molecule has 2 rings (SSSR count). The normalized spacial score (nSPS) is 12.2. The van der Waals surface area contributed by atoms with Gasteiger partial charge in [-0.3, -0.25) is 0 Å². The first kappa shape index (κ1) is 16.0. The number of aromatic nitrogens is 2. The van der Waals surface area contributed by atoms with Crippen molar-refractivity contribution in [2.24, 2.45) is 12.5 Å². The molecule has 0 radical (unpaired) electrons. The van der Waals surface area contributed by atoms with Gasteiger partial charge < -0.3 is 9.88 Å². The molecule has 0 aliphatic rings. The van der Waals surface area contributed by atoms with E-state index in [2.05, 4.69) is 55.9 Å². The van der Waals surface area contributed by atoms with E-state index >= 15 is 0 Å². The molecule has 0 amide bonds. The zero-order valence-electron chi connectivity index (χ0n) is 13.9. The van der Waals surface area contributed by atoms with Gasteiger partial charge in [0.15, 0.2) is 0 Å². The molecule has 0 atom stereocenters. The van der Waals surface area contributed by atoms with Crippen LogP contribution in [-0.4, -0.2) is 16.1 Å². The first-order chi connectivity index (χ1) is 10.0. The lowest BCUT2D eigenvalue weighted by Gasteiger charge is -2.25. The Hall–Kier alpha value is -1.35. The Labute approximate surface area is 128 Å². The fourth-order valence-corrected chi connectivity index (χ4v) is 2.81. The summed E-state index contributed by atoms with van der Waals surface area (Å²) in [4.78, 5) is 4.71. The Morgan fingerprint density at radius 2 is 1.95 bits per heavy atom. The Morgan fingerprint density at radius 3 is 2.67 bits per heavy atom. The minimum atomic E-state index is 0.361. The molecule has 0 saturated carbocycles. The van der Waals surface area contributed by atoms with Crippen LogP contribution in [0.5, 0.6) is 0 Å². The largest absolute Gasteiger partial charge is 0.330 e. The van der Waals surface area contributed by atoms with Crippen molar-refractivity contribution in [1.29, 1.82) is 0 Å². The van der Waals surface area contributed by atoms with Gasteiger partial charge in [-0.2, -0.15) is 0 Å². The van der Waals surface area contributed by atoms with Gasteiger partial charge in [-0.25, -0.2) is 4.98 Å². The second kappa shape index (κ2) is 7.08. The van der Waals surface area contributed by atoms with Crippen LogP contribution in [0.3, 0.4) is 0 Å². The molecule has 2 aromatic rings. The maximum atomic E-state index is 4.71. The summed E-state index contributed by atoms with van der Waals surface area (Å²) in [5.74, 6) is 1.11. The van der Waals surface area contributed by atoms with Crippen molar-refractivity contribution in [3.05, 3.63) is 30.1 Å². The molecule has 1 aromatic carbocycles. The van der Waals surface area contributed by atoms with Crippen molar-refractivity contribution < 1.29 is 0 Å². The summed E-state index contributed by atoms with van der Waals surface area (Å²) >= 11 is 0. The number of hydrogen-bond acceptors (Lipinski definition) is 2. The Morgan fingerprint density at radius 1 is 1.19 bits per heavy atom. The molecule has 3 heteroatoms. The van der Waals surface area contributed by atoms with E-state index in [1.165, 1.54) is 31.2 Å². The molecule has 0 spiro atoms. The van der Waals surface area contributed by atoms with E-state index in [4.69, 9.17) is 4.98 Å². The smallest absolute Gasteiger partial charge is 0.123 e. The van der Waals surface area contributed by atoms with Crippen molar-refractivity contribution in [2.75, 3.05) is 6.54 Å². The molecule has 0 aliphatic heterocycles. The van der Waals surface area contributed by atoms with Crippen molar-refractivity contribution in [3.8, 4) is 0 Å². The van der Waals surface area contributed by atoms with Gasteiger partial charge in [0.05, 0.1) is 17.6 Å². The summed E-state index contributed by atoms with van der Waals surface area (Å²) in [6.07, 6.45) is 5.26. The second-order valence-electron chi connectivity index (χ2n) is 6.80. The molecule has 116 valence electrons. The van der Waals surface area contributed by atoms with Crippen LogP contribution in [0.1, 0.15) is 52.3 Å². The molecule has 3 nitrogen and oxygen atoms in total. The van der Waals surface area contributed by atoms with E-state index in [9.17, 15) is 0 Å². The molecule has 1 aromatic heterocycles. The summed E-state index contributed by atoms with van der Waals surface area (Å²) in [7, 11) is 2.10. The molecule has 0 saturated heterocycles. The molecule has 0 bridgehead atoms. The number of nitrogens with zero attached hydrogens (tertiary/aromatic N) is 2. The first-order valence-electron chi connectivity index (χ1n) is 8.14. The number of para-hydroxylation sites is 2. The highest BCUT2D eigenvalue weighted by Crippen LogP contribution is 2.23. The van der Waals surface area contributed by atoms with Crippen LogP contribution >= 0.6 is 0 Å². The molecule has 21 heavy (non-hydrogen) atoms. The summed E-state index contributed by atoms with van der Waals surface area (Å²) in [5.41, 5.74) is 2.65. The predicted molar refractivity (Wildman–Crippen MR) is 90.3 cm³/mol. The van der Waals surface area contributed by atoms with Gasteiger partial charge in [0, 0.05) is 13.6 Å². The highest BCUT2D eigenvalue weighted by atomic mass is 15.1. The van der Waals surface area contributed by atoms with Gasteiger partial charge in [0.2, 0.25) is 0 Å². The van der Waals surface area contributed by atoms with Crippen LogP contribution in [0, 0.1) is 5.41 Å². The van der Waals surface area contributed by atoms with Crippen molar-refractivity contribution in [1.82, 2.24) is 14.9 Å². The van der Waals surface area contributed by atoms with Gasteiger partial charge >= 0.3 is 0 Å². The van der Waals surface area contributed by atoms with Gasteiger partial charge in [0.1, 0.15) is 5.82 Å². The summed E-state index contributed by atoms with van der Waals surface area (Å²) in [5, 5.41) is 3.59. The molecule has 1 heterocycles. The predicted octanol–water partition coefficient (Wildman–Crippen LogP) is 4.27. The van der Waals surface area contributed by atoms with Crippen LogP contribution < -0.4 is 5.32 Å². The van der Waals surface area contributed by atoms with E-state index in [-0.39, 0.29) is 0 Å². The van der Waals surface area contributed by atoms with Gasteiger partial charge in [-0.1, -0.05) is 52.2 Å². The Balaban J connectivity index is 1.88. The number of fused-ring (bicyclic) bond motifs is 1. The molecule has 0 unspecified atom stereocenters. The van der Waals surface area contributed by atoms with Crippen LogP contribution in [0.15, 0.2) is 24.3 Å². The third-order valence-corrected chi connectivity index (χ3v) is 4.22. The van der Waals surface area contributed by atoms with E-state index in [1.54, 1.807) is 0 Å². The Kier molecular flexibility index (Phi) is 5.40. The lowest BCUT2D eigenvalue weighted by atomic mass is 9.87. The fourth-order valence-electron chi connectivity index (χ4n) is 2.81. The summed E-state index contributed by atoms with van der Waals surface area (Å²) in [6, 6.07) is 8.31. The van der Waals surface area contributed by atoms with Gasteiger partial charge in [0.25, 0.3) is 0 Å². The lowest BCUT2D eigenvalue weighted by Crippen LogP contribution is -2.29. The van der Waals surface area contributed by atoms with Crippen LogP contribution in [0.25, 0.3) is 11.0 Å². The summed E-state index contributed by atoms with van der Waals surface area (Å²) < 4.78 is 2.19. The standard InChI is InChI=1S/C18H29N3/c1-5-6-9-12-18(2,3)14-19-13-17-20-15-10-7-8-11-16(15)21(17)4/h7-8,10-11,19H,5-6,9,12-14H2,1-4H3. The highest BCUT2D eigenvalue weighted by molar-refractivity contribution is 5.75. The topological polar surface area (TPSA) is 29.9 Å². The van der Waals surface area contributed by atoms with E-state index < -0.39 is 0 Å². The number of nitrogens with one attached hydrogen (secondary N) is 1. The quantitative estimate of drug-likeness (QED) is 0.735. The average molecular weight is 287 g/mol. The average Bonchev–Trinajstić information content (AvgIpc) is 2.76. The minimum absolute atomic E-state index is 0.361. The summed E-state index contributed by atoms with van der Waals surface area (Å²) in [6.45, 7) is 8.84. The van der Waals surface area contributed by atoms with Crippen LogP contribution in [0.2, 0.25) is 0 Å². The molecule has 1 N–H and O–H groups in total. The number of benzene rings is 1. The molecule has 0 fully saturated rings. The molecule has 0 aliphatic carbocycles. The monoisotopic (exact) mass is 287 g/mol. The second-order valence-corrected chi connectivity index (χ2v) is 6.80. The number of imidazole rings is 1. The van der Waals surface area contributed by atoms with Gasteiger partial charge in [-0.05, 0) is 24.0 Å².